The molecule has 3 nitrogen and oxygen atoms in total. The molecular formula is C12H16O3. The van der Waals surface area contributed by atoms with Crippen LogP contribution in [0, 0.1) is 17.8 Å². The Balaban J connectivity index is 2.21. The van der Waals surface area contributed by atoms with Gasteiger partial charge >= 0.3 is 5.97 Å². The number of carbonyl (C=O) groups is 1. The van der Waals surface area contributed by atoms with E-state index < -0.39 is 0 Å². The third-order valence-electron chi connectivity index (χ3n) is 3.68. The summed E-state index contributed by atoms with van der Waals surface area (Å²) in [6.07, 6.45) is 4.20. The minimum absolute atomic E-state index is 0.217. The second-order valence-corrected chi connectivity index (χ2v) is 4.40. The van der Waals surface area contributed by atoms with Crippen molar-refractivity contribution in [3.05, 3.63) is 5.57 Å². The van der Waals surface area contributed by atoms with Crippen LogP contribution in [-0.4, -0.2) is 18.5 Å². The van der Waals surface area contributed by atoms with E-state index in [0.717, 1.165) is 25.7 Å². The van der Waals surface area contributed by atoms with Gasteiger partial charge in [-0.3, -0.25) is 4.79 Å². The molecule has 0 spiro atoms. The van der Waals surface area contributed by atoms with Gasteiger partial charge in [-0.15, -0.1) is 0 Å². The first-order valence-electron chi connectivity index (χ1n) is 5.69. The van der Waals surface area contributed by atoms with Crippen LogP contribution in [0.25, 0.3) is 0 Å². The molecule has 3 heteroatoms. The van der Waals surface area contributed by atoms with Crippen molar-refractivity contribution < 1.29 is 14.3 Å². The predicted octanol–water partition coefficient (Wildman–Crippen LogP) is 1.74. The standard InChI is InChI=1S/C12H16O3/c1-2-15-12(14)11-9-5-3-8(4-6-9)10(11)7-13/h8-9,11H,2-6H2,1H3. The van der Waals surface area contributed by atoms with Crippen molar-refractivity contribution in [2.24, 2.45) is 17.8 Å². The molecule has 0 heterocycles. The van der Waals surface area contributed by atoms with E-state index in [1.165, 1.54) is 0 Å². The molecule has 3 aliphatic rings. The summed E-state index contributed by atoms with van der Waals surface area (Å²) in [5.41, 5.74) is 0.677. The summed E-state index contributed by atoms with van der Waals surface area (Å²) in [5.74, 6) is 2.11. The third-order valence-corrected chi connectivity index (χ3v) is 3.68. The predicted molar refractivity (Wildman–Crippen MR) is 54.8 cm³/mol. The van der Waals surface area contributed by atoms with Crippen LogP contribution in [-0.2, 0) is 14.3 Å². The minimum atomic E-state index is -0.282. The van der Waals surface area contributed by atoms with E-state index in [1.807, 2.05) is 5.94 Å². The Labute approximate surface area is 89.5 Å². The zero-order valence-electron chi connectivity index (χ0n) is 8.99. The largest absolute Gasteiger partial charge is 0.466 e. The van der Waals surface area contributed by atoms with Crippen LogP contribution in [0.1, 0.15) is 32.6 Å². The average molecular weight is 208 g/mol. The molecule has 1 unspecified atom stereocenters. The van der Waals surface area contributed by atoms with Crippen molar-refractivity contribution >= 4 is 11.9 Å². The second kappa shape index (κ2) is 4.19. The first kappa shape index (κ1) is 10.4. The van der Waals surface area contributed by atoms with Crippen LogP contribution in [0.15, 0.2) is 5.57 Å². The minimum Gasteiger partial charge on any atom is -0.466 e. The molecule has 0 aliphatic heterocycles. The summed E-state index contributed by atoms with van der Waals surface area (Å²) in [6, 6.07) is 0. The molecule has 0 saturated heterocycles. The van der Waals surface area contributed by atoms with E-state index in [2.05, 4.69) is 0 Å². The number of carbonyl (C=O) groups excluding carboxylic acids is 2. The van der Waals surface area contributed by atoms with Crippen LogP contribution in [0.2, 0.25) is 0 Å². The monoisotopic (exact) mass is 208 g/mol. The molecule has 0 amide bonds. The van der Waals surface area contributed by atoms with Gasteiger partial charge in [-0.1, -0.05) is 0 Å². The number of fused-ring (bicyclic) bond motifs is 3. The van der Waals surface area contributed by atoms with Gasteiger partial charge in [0.25, 0.3) is 0 Å². The average Bonchev–Trinajstić information content (AvgIpc) is 2.29. The molecule has 0 aromatic carbocycles. The summed E-state index contributed by atoms with van der Waals surface area (Å²) in [5, 5.41) is 0. The number of hydrogen-bond donors (Lipinski definition) is 0. The molecule has 3 rings (SSSR count). The van der Waals surface area contributed by atoms with Crippen molar-refractivity contribution in [2.45, 2.75) is 32.6 Å². The van der Waals surface area contributed by atoms with E-state index >= 15 is 0 Å². The van der Waals surface area contributed by atoms with Crippen LogP contribution < -0.4 is 0 Å². The van der Waals surface area contributed by atoms with Crippen molar-refractivity contribution in [3.63, 3.8) is 0 Å². The van der Waals surface area contributed by atoms with Gasteiger partial charge < -0.3 is 4.74 Å². The topological polar surface area (TPSA) is 43.4 Å². The normalized spacial score (nSPS) is 33.7. The van der Waals surface area contributed by atoms with E-state index in [0.29, 0.717) is 24.0 Å². The van der Waals surface area contributed by atoms with Crippen molar-refractivity contribution in [2.75, 3.05) is 6.61 Å². The molecule has 3 aliphatic carbocycles. The number of esters is 1. The molecule has 82 valence electrons. The fourth-order valence-corrected chi connectivity index (χ4v) is 2.97. The van der Waals surface area contributed by atoms with Gasteiger partial charge in [0, 0.05) is 5.57 Å². The van der Waals surface area contributed by atoms with Crippen molar-refractivity contribution in [1.82, 2.24) is 0 Å². The highest BCUT2D eigenvalue weighted by molar-refractivity contribution is 5.80. The lowest BCUT2D eigenvalue weighted by molar-refractivity contribution is -0.150. The molecule has 0 aromatic rings. The Bertz CT molecular complexity index is 307. The van der Waals surface area contributed by atoms with E-state index in [9.17, 15) is 9.59 Å². The lowest BCUT2D eigenvalue weighted by atomic mass is 9.62. The molecule has 3 saturated carbocycles. The highest BCUT2D eigenvalue weighted by atomic mass is 16.5. The summed E-state index contributed by atoms with van der Waals surface area (Å²) in [7, 11) is 0. The quantitative estimate of drug-likeness (QED) is 0.513. The van der Waals surface area contributed by atoms with Crippen LogP contribution >= 0.6 is 0 Å². The lowest BCUT2D eigenvalue weighted by Crippen LogP contribution is -2.39. The molecule has 0 aromatic heterocycles. The van der Waals surface area contributed by atoms with Crippen LogP contribution in [0.5, 0.6) is 0 Å². The Hall–Kier alpha value is -1.08. The second-order valence-electron chi connectivity index (χ2n) is 4.40. The summed E-state index contributed by atoms with van der Waals surface area (Å²) in [6.45, 7) is 2.18. The SMILES string of the molecule is CCOC(=O)C1C(=C=O)C2CCC1CC2. The van der Waals surface area contributed by atoms with Gasteiger partial charge in [-0.2, -0.15) is 0 Å². The molecular weight excluding hydrogens is 192 g/mol. The van der Waals surface area contributed by atoms with Gasteiger partial charge in [0.1, 0.15) is 5.94 Å². The molecule has 2 bridgehead atoms. The summed E-state index contributed by atoms with van der Waals surface area (Å²) < 4.78 is 5.03. The highest BCUT2D eigenvalue weighted by Crippen LogP contribution is 2.47. The Morgan fingerprint density at radius 1 is 1.40 bits per heavy atom. The zero-order valence-corrected chi connectivity index (χ0v) is 8.99. The first-order valence-corrected chi connectivity index (χ1v) is 5.69. The van der Waals surface area contributed by atoms with E-state index in [4.69, 9.17) is 4.74 Å². The number of rotatable bonds is 2. The molecule has 0 radical (unpaired) electrons. The summed E-state index contributed by atoms with van der Waals surface area (Å²) in [4.78, 5) is 22.6. The lowest BCUT2D eigenvalue weighted by Gasteiger charge is -2.41. The molecule has 15 heavy (non-hydrogen) atoms. The van der Waals surface area contributed by atoms with Gasteiger partial charge in [0.15, 0.2) is 0 Å². The Kier molecular flexibility index (Phi) is 2.92. The maximum absolute atomic E-state index is 11.7. The van der Waals surface area contributed by atoms with Gasteiger partial charge in [0.05, 0.1) is 12.5 Å². The van der Waals surface area contributed by atoms with Gasteiger partial charge in [-0.25, -0.2) is 4.79 Å². The number of hydrogen-bond acceptors (Lipinski definition) is 3. The fourth-order valence-electron chi connectivity index (χ4n) is 2.97. The third kappa shape index (κ3) is 1.72. The fraction of sp³-hybridized carbons (Fsp3) is 0.750. The molecule has 3 fully saturated rings. The molecule has 1 atom stereocenters. The van der Waals surface area contributed by atoms with E-state index in [1.54, 1.807) is 6.92 Å². The highest BCUT2D eigenvalue weighted by Gasteiger charge is 2.44. The van der Waals surface area contributed by atoms with E-state index in [-0.39, 0.29) is 11.9 Å². The van der Waals surface area contributed by atoms with Gasteiger partial charge in [-0.05, 0) is 44.4 Å². The van der Waals surface area contributed by atoms with Crippen molar-refractivity contribution in [3.8, 4) is 0 Å². The Morgan fingerprint density at radius 2 is 2.07 bits per heavy atom. The maximum atomic E-state index is 11.7. The number of ether oxygens (including phenoxy) is 1. The Morgan fingerprint density at radius 3 is 2.60 bits per heavy atom. The van der Waals surface area contributed by atoms with Crippen LogP contribution in [0.3, 0.4) is 0 Å². The maximum Gasteiger partial charge on any atom is 0.314 e. The van der Waals surface area contributed by atoms with Crippen molar-refractivity contribution in [1.29, 1.82) is 0 Å². The van der Waals surface area contributed by atoms with Gasteiger partial charge in [0.2, 0.25) is 0 Å². The first-order chi connectivity index (χ1) is 7.27. The molecule has 0 N–H and O–H groups in total. The van der Waals surface area contributed by atoms with Crippen LogP contribution in [0.4, 0.5) is 0 Å². The zero-order chi connectivity index (χ0) is 10.8. The summed E-state index contributed by atoms with van der Waals surface area (Å²) >= 11 is 0. The smallest absolute Gasteiger partial charge is 0.314 e.